The molecule has 0 aliphatic heterocycles. The van der Waals surface area contributed by atoms with Crippen LogP contribution in [0.1, 0.15) is 187 Å². The lowest BCUT2D eigenvalue weighted by molar-refractivity contribution is -0.161. The Morgan fingerprint density at radius 3 is 1.85 bits per heavy atom. The van der Waals surface area contributed by atoms with Gasteiger partial charge in [0, 0.05) is 31.1 Å². The molecule has 0 bridgehead atoms. The van der Waals surface area contributed by atoms with Gasteiger partial charge in [0.1, 0.15) is 18.4 Å². The largest absolute Gasteiger partial charge is 0.480 e. The third-order valence-electron chi connectivity index (χ3n) is 11.1. The van der Waals surface area contributed by atoms with Gasteiger partial charge < -0.3 is 35.4 Å². The Labute approximate surface area is 366 Å². The maximum absolute atomic E-state index is 12.7. The molecule has 0 aromatic carbocycles. The van der Waals surface area contributed by atoms with Crippen LogP contribution in [0.15, 0.2) is 24.3 Å². The van der Waals surface area contributed by atoms with Crippen LogP contribution in [0.25, 0.3) is 0 Å². The molecule has 1 rings (SSSR count). The number of carbonyl (C=O) groups excluding carboxylic acids is 3. The Morgan fingerprint density at radius 2 is 1.28 bits per heavy atom. The summed E-state index contributed by atoms with van der Waals surface area (Å²) in [5.74, 6) is -3.42. The highest BCUT2D eigenvalue weighted by atomic mass is 31.2. The first-order chi connectivity index (χ1) is 29.3. The summed E-state index contributed by atoms with van der Waals surface area (Å²) in [6.45, 7) is 2.45. The molecule has 0 amide bonds. The number of carboxylic acid groups (broad SMARTS) is 1. The topological polar surface area (TPSA) is 229 Å². The Balaban J connectivity index is 2.46. The molecule has 0 saturated heterocycles. The minimum atomic E-state index is -4.79. The Hall–Kier alpha value is -2.45. The number of carboxylic acids is 1. The number of ether oxygens (including phenoxy) is 2. The van der Waals surface area contributed by atoms with Crippen molar-refractivity contribution in [3.05, 3.63) is 24.3 Å². The summed E-state index contributed by atoms with van der Waals surface area (Å²) < 4.78 is 32.7. The second-order valence-corrected chi connectivity index (χ2v) is 18.1. The van der Waals surface area contributed by atoms with Gasteiger partial charge in [0.15, 0.2) is 6.10 Å². The van der Waals surface area contributed by atoms with Crippen LogP contribution in [0.2, 0.25) is 0 Å². The number of hydrogen-bond donors (Lipinski definition) is 5. The third kappa shape index (κ3) is 30.3. The highest BCUT2D eigenvalue weighted by molar-refractivity contribution is 7.47. The minimum Gasteiger partial charge on any atom is -0.480 e. The molecule has 0 aromatic rings. The van der Waals surface area contributed by atoms with Crippen LogP contribution in [-0.2, 0) is 42.3 Å². The summed E-state index contributed by atoms with van der Waals surface area (Å²) in [4.78, 5) is 58.8. The number of unbranched alkanes of at least 4 members (excludes halogenated alkanes) is 19. The van der Waals surface area contributed by atoms with Gasteiger partial charge in [-0.05, 0) is 32.1 Å². The molecule has 0 heterocycles. The summed E-state index contributed by atoms with van der Waals surface area (Å²) in [5, 5.41) is 29.6. The number of hydrogen-bond acceptors (Lipinski definition) is 12. The second kappa shape index (κ2) is 35.9. The van der Waals surface area contributed by atoms with Crippen molar-refractivity contribution in [1.29, 1.82) is 0 Å². The monoisotopic (exact) mass is 888 g/mol. The molecule has 1 unspecified atom stereocenters. The van der Waals surface area contributed by atoms with Crippen LogP contribution in [0.3, 0.4) is 0 Å². The van der Waals surface area contributed by atoms with Crippen molar-refractivity contribution in [2.24, 2.45) is 17.6 Å². The maximum Gasteiger partial charge on any atom is 0.472 e. The van der Waals surface area contributed by atoms with Crippen molar-refractivity contribution in [3.63, 3.8) is 0 Å². The van der Waals surface area contributed by atoms with Crippen molar-refractivity contribution < 1.29 is 62.5 Å². The number of phosphoric ester groups is 1. The first kappa shape index (κ1) is 56.6. The summed E-state index contributed by atoms with van der Waals surface area (Å²) in [5.41, 5.74) is 5.33. The van der Waals surface area contributed by atoms with Crippen molar-refractivity contribution in [3.8, 4) is 0 Å². The fourth-order valence-corrected chi connectivity index (χ4v) is 8.06. The van der Waals surface area contributed by atoms with E-state index in [0.717, 1.165) is 38.5 Å². The molecule has 0 aromatic heterocycles. The van der Waals surface area contributed by atoms with E-state index >= 15 is 0 Å². The number of rotatable bonds is 40. The number of Topliss-reactive ketones (excluding diaryl/α,β-unsaturated/α-hetero) is 1. The predicted octanol–water partition coefficient (Wildman–Crippen LogP) is 9.21. The van der Waals surface area contributed by atoms with E-state index in [2.05, 4.69) is 18.4 Å². The van der Waals surface area contributed by atoms with Crippen molar-refractivity contribution in [2.75, 3.05) is 19.8 Å². The normalized spacial score (nSPS) is 19.3. The van der Waals surface area contributed by atoms with Gasteiger partial charge in [-0.2, -0.15) is 0 Å². The van der Waals surface area contributed by atoms with Crippen LogP contribution in [-0.4, -0.2) is 88.1 Å². The number of esters is 2. The Morgan fingerprint density at radius 1 is 0.754 bits per heavy atom. The Bertz CT molecular complexity index is 1290. The number of carbonyl (C=O) groups is 4. The van der Waals surface area contributed by atoms with E-state index < -0.39 is 75.8 Å². The number of aliphatic hydroxyl groups is 2. The van der Waals surface area contributed by atoms with E-state index in [1.807, 2.05) is 12.2 Å². The van der Waals surface area contributed by atoms with E-state index in [4.69, 9.17) is 24.8 Å². The lowest BCUT2D eigenvalue weighted by atomic mass is 9.90. The molecule has 15 heteroatoms. The highest BCUT2D eigenvalue weighted by Gasteiger charge is 2.39. The van der Waals surface area contributed by atoms with Crippen LogP contribution in [0.5, 0.6) is 0 Å². The van der Waals surface area contributed by atoms with Gasteiger partial charge in [-0.1, -0.05) is 160 Å². The zero-order valence-corrected chi connectivity index (χ0v) is 38.4. The number of aliphatic hydroxyl groups excluding tert-OH is 2. The zero-order valence-electron chi connectivity index (χ0n) is 37.5. The van der Waals surface area contributed by atoms with E-state index in [9.17, 15) is 38.8 Å². The number of allylic oxidation sites excluding steroid dienone is 2. The molecule has 354 valence electrons. The average Bonchev–Trinajstić information content (AvgIpc) is 3.49. The SMILES string of the molecule is CCCCCCCCCCCCCCCCCCCC(=O)OC[C@H](COP(=O)(O)OC[C@H](N)C(=O)O)OC(=O)CCC/C=C\C[C@H]1C(=O)C[C@@H](O)[C@@H]1/C=C/[C@@H](O)CCCCC. The summed E-state index contributed by atoms with van der Waals surface area (Å²) in [6.07, 6.45) is 30.3. The van der Waals surface area contributed by atoms with Crippen molar-refractivity contribution in [2.45, 2.75) is 212 Å². The van der Waals surface area contributed by atoms with Crippen LogP contribution in [0.4, 0.5) is 0 Å². The quantitative estimate of drug-likeness (QED) is 0.0167. The smallest absolute Gasteiger partial charge is 0.472 e. The molecule has 1 fully saturated rings. The lowest BCUT2D eigenvalue weighted by Gasteiger charge is -2.20. The summed E-state index contributed by atoms with van der Waals surface area (Å²) >= 11 is 0. The van der Waals surface area contributed by atoms with Gasteiger partial charge >= 0.3 is 25.7 Å². The molecular weight excluding hydrogens is 805 g/mol. The van der Waals surface area contributed by atoms with Gasteiger partial charge in [0.2, 0.25) is 0 Å². The summed E-state index contributed by atoms with van der Waals surface area (Å²) in [6, 6.07) is -1.57. The molecule has 61 heavy (non-hydrogen) atoms. The first-order valence-electron chi connectivity index (χ1n) is 23.5. The molecule has 0 radical (unpaired) electrons. The molecule has 6 N–H and O–H groups in total. The van der Waals surface area contributed by atoms with E-state index in [1.54, 1.807) is 12.2 Å². The van der Waals surface area contributed by atoms with Crippen LogP contribution >= 0.6 is 7.82 Å². The standard InChI is InChI=1S/C46H82NO13P/c1-3-5-7-8-9-10-11-12-13-14-15-16-17-18-19-20-25-29-44(51)57-34-38(35-58-61(55,56)59-36-41(47)46(53)54)60-45(52)30-26-22-21-24-28-39-40(43(50)33-42(39)49)32-31-37(48)27-23-6-4-2/h21,24,31-32,37-41,43,48,50H,3-20,22-23,25-30,33-36,47H2,1-2H3,(H,53,54)(H,55,56)/b24-21-,32-31+/t37-,38+,39+,40+,41-,43+/m0/s1. The molecule has 1 aliphatic rings. The van der Waals surface area contributed by atoms with Crippen LogP contribution < -0.4 is 5.73 Å². The van der Waals surface area contributed by atoms with Crippen LogP contribution in [0, 0.1) is 11.8 Å². The number of ketones is 1. The Kier molecular flexibility index (Phi) is 33.3. The lowest BCUT2D eigenvalue weighted by Crippen LogP contribution is -2.34. The van der Waals surface area contributed by atoms with E-state index in [0.29, 0.717) is 32.1 Å². The molecular formula is C46H82NO13P. The first-order valence-corrected chi connectivity index (χ1v) is 25.0. The second-order valence-electron chi connectivity index (χ2n) is 16.7. The summed E-state index contributed by atoms with van der Waals surface area (Å²) in [7, 11) is -4.79. The number of phosphoric acid groups is 1. The third-order valence-corrected chi connectivity index (χ3v) is 12.0. The van der Waals surface area contributed by atoms with Crippen molar-refractivity contribution >= 4 is 31.5 Å². The van der Waals surface area contributed by atoms with E-state index in [-0.39, 0.29) is 31.0 Å². The van der Waals surface area contributed by atoms with Gasteiger partial charge in [0.05, 0.1) is 25.4 Å². The van der Waals surface area contributed by atoms with Gasteiger partial charge in [-0.15, -0.1) is 0 Å². The number of nitrogens with two attached hydrogens (primary N) is 1. The molecule has 7 atom stereocenters. The van der Waals surface area contributed by atoms with Gasteiger partial charge in [-0.3, -0.25) is 28.2 Å². The number of aliphatic carboxylic acids is 1. The van der Waals surface area contributed by atoms with Crippen molar-refractivity contribution in [1.82, 2.24) is 0 Å². The van der Waals surface area contributed by atoms with E-state index in [1.165, 1.54) is 83.5 Å². The fraction of sp³-hybridized carbons (Fsp3) is 0.826. The molecule has 14 nitrogen and oxygen atoms in total. The zero-order chi connectivity index (χ0) is 45.1. The molecule has 0 spiro atoms. The predicted molar refractivity (Wildman–Crippen MR) is 236 cm³/mol. The maximum atomic E-state index is 12.7. The average molecular weight is 888 g/mol. The molecule has 1 aliphatic carbocycles. The minimum absolute atomic E-state index is 0.0306. The fourth-order valence-electron chi connectivity index (χ4n) is 7.28. The highest BCUT2D eigenvalue weighted by Crippen LogP contribution is 2.43. The van der Waals surface area contributed by atoms with Gasteiger partial charge in [-0.25, -0.2) is 4.57 Å². The van der Waals surface area contributed by atoms with Gasteiger partial charge in [0.25, 0.3) is 0 Å². The molecule has 1 saturated carbocycles.